The molecule has 6 nitrogen and oxygen atoms in total. The third kappa shape index (κ3) is 2.74. The minimum atomic E-state index is -0.497. The Hall–Kier alpha value is -0.690. The lowest BCUT2D eigenvalue weighted by molar-refractivity contribution is -0.317. The molecule has 6 aliphatic rings. The zero-order valence-corrected chi connectivity index (χ0v) is 19.3. The van der Waals surface area contributed by atoms with Crippen molar-refractivity contribution in [3.63, 3.8) is 0 Å². The lowest BCUT2D eigenvalue weighted by Gasteiger charge is -2.65. The number of hydrogen-bond acceptors (Lipinski definition) is 6. The molecule has 7 atom stereocenters. The van der Waals surface area contributed by atoms with Crippen molar-refractivity contribution >= 4 is 5.97 Å². The Morgan fingerprint density at radius 3 is 2.26 bits per heavy atom. The molecular weight excluding hydrogens is 396 g/mol. The summed E-state index contributed by atoms with van der Waals surface area (Å²) in [5, 5.41) is 0. The summed E-state index contributed by atoms with van der Waals surface area (Å²) in [5.41, 5.74) is 0.265. The molecule has 2 spiro atoms. The molecule has 0 N–H and O–H groups in total. The van der Waals surface area contributed by atoms with Crippen molar-refractivity contribution in [3.05, 3.63) is 0 Å². The number of esters is 1. The summed E-state index contributed by atoms with van der Waals surface area (Å²) < 4.78 is 31.4. The molecule has 174 valence electrons. The van der Waals surface area contributed by atoms with Crippen LogP contribution in [0, 0.1) is 34.5 Å². The Bertz CT molecular complexity index is 740. The van der Waals surface area contributed by atoms with Crippen molar-refractivity contribution in [2.45, 2.75) is 89.8 Å². The van der Waals surface area contributed by atoms with E-state index in [1.807, 2.05) is 0 Å². The maximum Gasteiger partial charge on any atom is 0.302 e. The molecule has 0 aromatic heterocycles. The highest BCUT2D eigenvalue weighted by molar-refractivity contribution is 5.66. The van der Waals surface area contributed by atoms with E-state index >= 15 is 0 Å². The minimum absolute atomic E-state index is 0.0190. The Balaban J connectivity index is 1.36. The van der Waals surface area contributed by atoms with Gasteiger partial charge in [0.2, 0.25) is 0 Å². The van der Waals surface area contributed by atoms with Crippen LogP contribution in [-0.2, 0) is 28.5 Å². The first-order chi connectivity index (χ1) is 14.8. The summed E-state index contributed by atoms with van der Waals surface area (Å²) in [7, 11) is 0. The number of rotatable bonds is 1. The van der Waals surface area contributed by atoms with Crippen LogP contribution in [0.2, 0.25) is 0 Å². The highest BCUT2D eigenvalue weighted by Gasteiger charge is 2.72. The zero-order valence-electron chi connectivity index (χ0n) is 19.3. The van der Waals surface area contributed by atoms with E-state index in [0.29, 0.717) is 50.1 Å². The average Bonchev–Trinajstić information content (AvgIpc) is 3.45. The van der Waals surface area contributed by atoms with E-state index in [2.05, 4.69) is 13.8 Å². The number of hydrogen-bond donors (Lipinski definition) is 0. The van der Waals surface area contributed by atoms with Crippen LogP contribution < -0.4 is 0 Å². The second-order valence-corrected chi connectivity index (χ2v) is 11.6. The summed E-state index contributed by atoms with van der Waals surface area (Å²) >= 11 is 0. The molecule has 2 aliphatic heterocycles. The Morgan fingerprint density at radius 2 is 1.55 bits per heavy atom. The van der Waals surface area contributed by atoms with Gasteiger partial charge >= 0.3 is 5.97 Å². The molecule has 31 heavy (non-hydrogen) atoms. The number of ether oxygens (including phenoxy) is 5. The third-order valence-corrected chi connectivity index (χ3v) is 10.5. The van der Waals surface area contributed by atoms with E-state index in [9.17, 15) is 4.79 Å². The van der Waals surface area contributed by atoms with Crippen molar-refractivity contribution in [3.8, 4) is 0 Å². The molecule has 6 heteroatoms. The number of carbonyl (C=O) groups is 1. The van der Waals surface area contributed by atoms with Gasteiger partial charge in [-0.25, -0.2) is 0 Å². The van der Waals surface area contributed by atoms with E-state index in [0.717, 1.165) is 44.9 Å². The van der Waals surface area contributed by atoms with E-state index in [1.54, 1.807) is 0 Å². The van der Waals surface area contributed by atoms with Crippen molar-refractivity contribution < 1.29 is 28.5 Å². The Morgan fingerprint density at radius 1 is 0.871 bits per heavy atom. The van der Waals surface area contributed by atoms with Gasteiger partial charge in [-0.3, -0.25) is 4.79 Å². The number of fused-ring (bicyclic) bond motifs is 7. The minimum Gasteiger partial charge on any atom is -0.463 e. The molecule has 0 radical (unpaired) electrons. The smallest absolute Gasteiger partial charge is 0.302 e. The monoisotopic (exact) mass is 434 g/mol. The van der Waals surface area contributed by atoms with Crippen LogP contribution in [0.25, 0.3) is 0 Å². The van der Waals surface area contributed by atoms with Crippen molar-refractivity contribution in [1.82, 2.24) is 0 Å². The molecule has 6 rings (SSSR count). The van der Waals surface area contributed by atoms with Crippen LogP contribution in [0.3, 0.4) is 0 Å². The molecule has 0 unspecified atom stereocenters. The molecule has 4 aliphatic carbocycles. The summed E-state index contributed by atoms with van der Waals surface area (Å²) in [6.45, 7) is 9.25. The maximum atomic E-state index is 11.6. The van der Waals surface area contributed by atoms with Gasteiger partial charge in [0.15, 0.2) is 11.6 Å². The van der Waals surface area contributed by atoms with Crippen LogP contribution >= 0.6 is 0 Å². The van der Waals surface area contributed by atoms with Gasteiger partial charge < -0.3 is 23.7 Å². The lowest BCUT2D eigenvalue weighted by Crippen LogP contribution is -2.65. The van der Waals surface area contributed by atoms with E-state index < -0.39 is 11.6 Å². The summed E-state index contributed by atoms with van der Waals surface area (Å²) in [5.74, 6) is 0.836. The summed E-state index contributed by atoms with van der Waals surface area (Å²) in [4.78, 5) is 11.6. The molecule has 0 amide bonds. The molecule has 0 aromatic carbocycles. The van der Waals surface area contributed by atoms with Crippen LogP contribution in [0.1, 0.15) is 72.1 Å². The molecule has 0 bridgehead atoms. The average molecular weight is 435 g/mol. The van der Waals surface area contributed by atoms with Crippen molar-refractivity contribution in [2.24, 2.45) is 34.5 Å². The molecule has 4 saturated carbocycles. The largest absolute Gasteiger partial charge is 0.463 e. The standard InChI is InChI=1S/C25H38O6/c1-16(26)31-18-4-7-22(2)17(14-18)15-24(27-10-11-28-24)21-19(22)5-8-23(3)20(21)6-9-25(23)29-12-13-30-25/h17-21H,4-15H2,1-3H3/t17-,18-,19+,20-,21-,22+,23+/m1/s1. The highest BCUT2D eigenvalue weighted by Crippen LogP contribution is 2.72. The summed E-state index contributed by atoms with van der Waals surface area (Å²) in [6, 6.07) is 0. The SMILES string of the molecule is CC(=O)O[C@@H]1CC[C@@]2(C)[C@H](C1)CC1(OCCO1)[C@H]1[C@H]3CCC4(OCCO4)[C@@]3(C)CC[C@@H]12. The zero-order chi connectivity index (χ0) is 21.5. The van der Waals surface area contributed by atoms with Gasteiger partial charge in [0, 0.05) is 31.1 Å². The molecule has 6 fully saturated rings. The first-order valence-corrected chi connectivity index (χ1v) is 12.6. The van der Waals surface area contributed by atoms with Gasteiger partial charge in [-0.2, -0.15) is 0 Å². The van der Waals surface area contributed by atoms with Crippen LogP contribution in [-0.4, -0.2) is 50.1 Å². The molecule has 2 heterocycles. The first kappa shape index (κ1) is 20.9. The van der Waals surface area contributed by atoms with Crippen LogP contribution in [0.5, 0.6) is 0 Å². The predicted octanol–water partition coefficient (Wildman–Crippen LogP) is 4.06. The van der Waals surface area contributed by atoms with Crippen molar-refractivity contribution in [1.29, 1.82) is 0 Å². The fourth-order valence-corrected chi connectivity index (χ4v) is 9.17. The van der Waals surface area contributed by atoms with E-state index in [-0.39, 0.29) is 22.9 Å². The quantitative estimate of drug-likeness (QED) is 0.580. The second kappa shape index (κ2) is 6.91. The van der Waals surface area contributed by atoms with Gasteiger partial charge in [0.25, 0.3) is 0 Å². The number of carbonyl (C=O) groups excluding carboxylic acids is 1. The molecule has 2 saturated heterocycles. The first-order valence-electron chi connectivity index (χ1n) is 12.6. The van der Waals surface area contributed by atoms with Gasteiger partial charge in [0.1, 0.15) is 6.10 Å². The lowest BCUT2D eigenvalue weighted by atomic mass is 9.43. The normalized spacial score (nSPS) is 49.6. The fraction of sp³-hybridized carbons (Fsp3) is 0.960. The van der Waals surface area contributed by atoms with Gasteiger partial charge in [-0.1, -0.05) is 13.8 Å². The molecular formula is C25H38O6. The van der Waals surface area contributed by atoms with Crippen molar-refractivity contribution in [2.75, 3.05) is 26.4 Å². The van der Waals surface area contributed by atoms with Gasteiger partial charge in [-0.15, -0.1) is 0 Å². The molecule has 0 aromatic rings. The van der Waals surface area contributed by atoms with E-state index in [1.165, 1.54) is 13.3 Å². The topological polar surface area (TPSA) is 63.2 Å². The Labute approximate surface area is 185 Å². The highest BCUT2D eigenvalue weighted by atomic mass is 16.7. The van der Waals surface area contributed by atoms with E-state index in [4.69, 9.17) is 23.7 Å². The second-order valence-electron chi connectivity index (χ2n) is 11.6. The predicted molar refractivity (Wildman–Crippen MR) is 112 cm³/mol. The van der Waals surface area contributed by atoms with Gasteiger partial charge in [-0.05, 0) is 61.7 Å². The van der Waals surface area contributed by atoms with Crippen LogP contribution in [0.15, 0.2) is 0 Å². The van der Waals surface area contributed by atoms with Gasteiger partial charge in [0.05, 0.1) is 26.4 Å². The van der Waals surface area contributed by atoms with Crippen LogP contribution in [0.4, 0.5) is 0 Å². The maximum absolute atomic E-state index is 11.6. The Kier molecular flexibility index (Phi) is 4.65. The third-order valence-electron chi connectivity index (χ3n) is 10.5. The summed E-state index contributed by atoms with van der Waals surface area (Å²) in [6.07, 6.45) is 8.42. The fourth-order valence-electron chi connectivity index (χ4n) is 9.17.